The molecule has 1 aliphatic rings. The van der Waals surface area contributed by atoms with Crippen LogP contribution in [0.5, 0.6) is 0 Å². The molecule has 1 fully saturated rings. The van der Waals surface area contributed by atoms with Crippen LogP contribution in [-0.4, -0.2) is 74.8 Å². The highest BCUT2D eigenvalue weighted by molar-refractivity contribution is 7.89. The SMILES string of the molecule is CCO[C@H](C)C(=O)NCCS(=O)(=O)N1CCN(c2ccccn2)CC1. The van der Waals surface area contributed by atoms with Crippen LogP contribution in [0.3, 0.4) is 0 Å². The normalized spacial score (nSPS) is 17.3. The first-order valence-corrected chi connectivity index (χ1v) is 10.1. The number of nitrogens with zero attached hydrogens (tertiary/aromatic N) is 3. The molecule has 0 saturated carbocycles. The highest BCUT2D eigenvalue weighted by atomic mass is 32.2. The van der Waals surface area contributed by atoms with Gasteiger partial charge in [0, 0.05) is 45.5 Å². The van der Waals surface area contributed by atoms with Crippen molar-refractivity contribution in [2.24, 2.45) is 0 Å². The van der Waals surface area contributed by atoms with E-state index >= 15 is 0 Å². The van der Waals surface area contributed by atoms with Gasteiger partial charge in [0.25, 0.3) is 0 Å². The van der Waals surface area contributed by atoms with Crippen molar-refractivity contribution >= 4 is 21.7 Å². The Kier molecular flexibility index (Phi) is 7.15. The minimum atomic E-state index is -3.39. The van der Waals surface area contributed by atoms with Crippen molar-refractivity contribution < 1.29 is 17.9 Å². The van der Waals surface area contributed by atoms with Gasteiger partial charge in [-0.1, -0.05) is 6.07 Å². The number of pyridine rings is 1. The monoisotopic (exact) mass is 370 g/mol. The van der Waals surface area contributed by atoms with Crippen molar-refractivity contribution in [1.29, 1.82) is 0 Å². The van der Waals surface area contributed by atoms with Crippen molar-refractivity contribution in [3.63, 3.8) is 0 Å². The Morgan fingerprint density at radius 2 is 2.04 bits per heavy atom. The summed E-state index contributed by atoms with van der Waals surface area (Å²) in [6, 6.07) is 5.68. The molecule has 25 heavy (non-hydrogen) atoms. The van der Waals surface area contributed by atoms with Crippen LogP contribution in [0.15, 0.2) is 24.4 Å². The van der Waals surface area contributed by atoms with Crippen LogP contribution in [0.2, 0.25) is 0 Å². The van der Waals surface area contributed by atoms with Crippen LogP contribution >= 0.6 is 0 Å². The minimum absolute atomic E-state index is 0.0824. The van der Waals surface area contributed by atoms with E-state index in [0.717, 1.165) is 5.82 Å². The number of carbonyl (C=O) groups excluding carboxylic acids is 1. The van der Waals surface area contributed by atoms with Crippen LogP contribution in [0.25, 0.3) is 0 Å². The number of sulfonamides is 1. The summed E-state index contributed by atoms with van der Waals surface area (Å²) < 4.78 is 31.5. The van der Waals surface area contributed by atoms with Gasteiger partial charge in [-0.3, -0.25) is 4.79 Å². The second kappa shape index (κ2) is 9.12. The maximum atomic E-state index is 12.4. The van der Waals surface area contributed by atoms with E-state index in [4.69, 9.17) is 4.74 Å². The highest BCUT2D eigenvalue weighted by Gasteiger charge is 2.27. The Morgan fingerprint density at radius 1 is 1.32 bits per heavy atom. The molecule has 2 rings (SSSR count). The second-order valence-corrected chi connectivity index (χ2v) is 7.87. The van der Waals surface area contributed by atoms with Crippen molar-refractivity contribution in [2.75, 3.05) is 50.0 Å². The lowest BCUT2D eigenvalue weighted by Gasteiger charge is -2.34. The number of rotatable bonds is 8. The first-order valence-electron chi connectivity index (χ1n) is 8.47. The first-order chi connectivity index (χ1) is 11.9. The van der Waals surface area contributed by atoms with Gasteiger partial charge in [-0.2, -0.15) is 4.31 Å². The van der Waals surface area contributed by atoms with Gasteiger partial charge in [-0.25, -0.2) is 13.4 Å². The number of carbonyl (C=O) groups is 1. The predicted molar refractivity (Wildman–Crippen MR) is 95.9 cm³/mol. The number of piperazine rings is 1. The molecule has 1 aromatic heterocycles. The summed E-state index contributed by atoms with van der Waals surface area (Å²) in [6.45, 7) is 6.01. The van der Waals surface area contributed by atoms with Crippen LogP contribution < -0.4 is 10.2 Å². The van der Waals surface area contributed by atoms with Crippen LogP contribution in [0.4, 0.5) is 5.82 Å². The zero-order valence-corrected chi connectivity index (χ0v) is 15.5. The summed E-state index contributed by atoms with van der Waals surface area (Å²) in [7, 11) is -3.39. The smallest absolute Gasteiger partial charge is 0.248 e. The lowest BCUT2D eigenvalue weighted by molar-refractivity contribution is -0.131. The Balaban J connectivity index is 1.78. The third-order valence-corrected chi connectivity index (χ3v) is 5.92. The van der Waals surface area contributed by atoms with E-state index in [-0.39, 0.29) is 18.2 Å². The predicted octanol–water partition coefficient (Wildman–Crippen LogP) is 0.0746. The number of hydrogen-bond acceptors (Lipinski definition) is 6. The van der Waals surface area contributed by atoms with E-state index in [2.05, 4.69) is 15.2 Å². The Labute approximate surface area is 149 Å². The van der Waals surface area contributed by atoms with E-state index in [9.17, 15) is 13.2 Å². The molecule has 140 valence electrons. The topological polar surface area (TPSA) is 91.8 Å². The fourth-order valence-corrected chi connectivity index (χ4v) is 3.98. The van der Waals surface area contributed by atoms with Crippen molar-refractivity contribution in [2.45, 2.75) is 20.0 Å². The Bertz CT molecular complexity index is 645. The second-order valence-electron chi connectivity index (χ2n) is 5.78. The average Bonchev–Trinajstić information content (AvgIpc) is 2.62. The lowest BCUT2D eigenvalue weighted by atomic mass is 10.3. The minimum Gasteiger partial charge on any atom is -0.369 e. The molecule has 1 N–H and O–H groups in total. The molecule has 8 nitrogen and oxygen atoms in total. The van der Waals surface area contributed by atoms with Gasteiger partial charge in [-0.05, 0) is 26.0 Å². The molecule has 1 saturated heterocycles. The summed E-state index contributed by atoms with van der Waals surface area (Å²) in [4.78, 5) is 18.1. The molecule has 1 aromatic rings. The molecule has 0 unspecified atom stereocenters. The van der Waals surface area contributed by atoms with Crippen LogP contribution in [0, 0.1) is 0 Å². The summed E-state index contributed by atoms with van der Waals surface area (Å²) in [6.07, 6.45) is 1.15. The number of ether oxygens (including phenoxy) is 1. The molecule has 1 amide bonds. The number of amides is 1. The summed E-state index contributed by atoms with van der Waals surface area (Å²) in [5.41, 5.74) is 0. The van der Waals surface area contributed by atoms with Crippen molar-refractivity contribution in [3.05, 3.63) is 24.4 Å². The van der Waals surface area contributed by atoms with Crippen molar-refractivity contribution in [1.82, 2.24) is 14.6 Å². The lowest BCUT2D eigenvalue weighted by Crippen LogP contribution is -2.50. The standard InChI is InChI=1S/C16H26N4O4S/c1-3-24-14(2)16(21)18-8-13-25(22,23)20-11-9-19(10-12-20)15-6-4-5-7-17-15/h4-7,14H,3,8-13H2,1-2H3,(H,18,21)/t14-/m1/s1. The van der Waals surface area contributed by atoms with Gasteiger partial charge in [0.2, 0.25) is 15.9 Å². The quantitative estimate of drug-likeness (QED) is 0.697. The molecular formula is C16H26N4O4S. The van der Waals surface area contributed by atoms with Gasteiger partial charge >= 0.3 is 0 Å². The highest BCUT2D eigenvalue weighted by Crippen LogP contribution is 2.14. The van der Waals surface area contributed by atoms with Crippen LogP contribution in [0.1, 0.15) is 13.8 Å². The zero-order valence-electron chi connectivity index (χ0n) is 14.7. The number of hydrogen-bond donors (Lipinski definition) is 1. The fraction of sp³-hybridized carbons (Fsp3) is 0.625. The molecule has 0 spiro atoms. The molecule has 0 aliphatic carbocycles. The third-order valence-electron chi connectivity index (χ3n) is 4.05. The molecule has 0 bridgehead atoms. The van der Waals surface area contributed by atoms with Gasteiger partial charge in [-0.15, -0.1) is 0 Å². The van der Waals surface area contributed by atoms with Gasteiger partial charge in [0.1, 0.15) is 11.9 Å². The van der Waals surface area contributed by atoms with Gasteiger partial charge in [0.05, 0.1) is 5.75 Å². The van der Waals surface area contributed by atoms with E-state index in [1.165, 1.54) is 4.31 Å². The third kappa shape index (κ3) is 5.65. The average molecular weight is 370 g/mol. The number of aromatic nitrogens is 1. The summed E-state index contributed by atoms with van der Waals surface area (Å²) in [5, 5.41) is 2.61. The molecule has 0 radical (unpaired) electrons. The molecule has 1 atom stereocenters. The summed E-state index contributed by atoms with van der Waals surface area (Å²) >= 11 is 0. The fourth-order valence-electron chi connectivity index (χ4n) is 2.64. The van der Waals surface area contributed by atoms with E-state index in [1.807, 2.05) is 18.2 Å². The molecule has 1 aliphatic heterocycles. The van der Waals surface area contributed by atoms with Gasteiger partial charge < -0.3 is 15.0 Å². The largest absolute Gasteiger partial charge is 0.369 e. The van der Waals surface area contributed by atoms with E-state index in [0.29, 0.717) is 32.8 Å². The van der Waals surface area contributed by atoms with Gasteiger partial charge in [0.15, 0.2) is 0 Å². The Morgan fingerprint density at radius 3 is 2.64 bits per heavy atom. The maximum absolute atomic E-state index is 12.4. The number of anilines is 1. The molecular weight excluding hydrogens is 344 g/mol. The molecule has 2 heterocycles. The van der Waals surface area contributed by atoms with E-state index < -0.39 is 16.1 Å². The Hall–Kier alpha value is -1.71. The van der Waals surface area contributed by atoms with Crippen molar-refractivity contribution in [3.8, 4) is 0 Å². The number of nitrogens with one attached hydrogen (secondary N) is 1. The van der Waals surface area contributed by atoms with E-state index in [1.54, 1.807) is 20.0 Å². The zero-order chi connectivity index (χ0) is 18.3. The van der Waals surface area contributed by atoms with Crippen LogP contribution in [-0.2, 0) is 19.6 Å². The first kappa shape index (κ1) is 19.6. The molecule has 9 heteroatoms. The molecule has 0 aromatic carbocycles. The summed E-state index contributed by atoms with van der Waals surface area (Å²) in [5.74, 6) is 0.454. The maximum Gasteiger partial charge on any atom is 0.248 e.